The second-order valence-corrected chi connectivity index (χ2v) is 6.36. The van der Waals surface area contributed by atoms with Gasteiger partial charge < -0.3 is 10.1 Å². The molecule has 0 atom stereocenters. The van der Waals surface area contributed by atoms with Gasteiger partial charge in [-0.1, -0.05) is 18.5 Å². The smallest absolute Gasteiger partial charge is 0.274 e. The Balaban J connectivity index is 2.05. The van der Waals surface area contributed by atoms with Gasteiger partial charge in [-0.25, -0.2) is 4.98 Å². The summed E-state index contributed by atoms with van der Waals surface area (Å²) in [5, 5.41) is 3.52. The van der Waals surface area contributed by atoms with Gasteiger partial charge in [-0.2, -0.15) is 0 Å². The number of halogens is 1. The number of pyridine rings is 1. The minimum Gasteiger partial charge on any atom is -0.495 e. The van der Waals surface area contributed by atoms with E-state index in [0.717, 1.165) is 22.5 Å². The van der Waals surface area contributed by atoms with Gasteiger partial charge in [0.15, 0.2) is 0 Å². The Hall–Kier alpha value is -2.53. The van der Waals surface area contributed by atoms with E-state index in [4.69, 9.17) is 16.3 Å². The second-order valence-electron chi connectivity index (χ2n) is 5.95. The standard InChI is InChI=1S/C19H20ClN3O2/c1-5-14-18(23-7-6-11(2)8-17(23)21-14)19(24)22-15-9-12(3)13(20)10-16(15)25-4/h6-10H,5H2,1-4H3,(H,22,24). The van der Waals surface area contributed by atoms with E-state index in [9.17, 15) is 4.79 Å². The number of aryl methyl sites for hydroxylation is 3. The second kappa shape index (κ2) is 6.76. The predicted octanol–water partition coefficient (Wildman–Crippen LogP) is 4.43. The van der Waals surface area contributed by atoms with Crippen LogP contribution < -0.4 is 10.1 Å². The highest BCUT2D eigenvalue weighted by Crippen LogP contribution is 2.31. The SMILES string of the molecule is CCc1nc2cc(C)ccn2c1C(=O)Nc1cc(C)c(Cl)cc1OC. The fourth-order valence-electron chi connectivity index (χ4n) is 2.79. The molecule has 0 radical (unpaired) electrons. The molecule has 3 rings (SSSR count). The maximum Gasteiger partial charge on any atom is 0.274 e. The van der Waals surface area contributed by atoms with Crippen molar-refractivity contribution in [3.05, 3.63) is 58.0 Å². The normalized spacial score (nSPS) is 10.9. The molecule has 0 fully saturated rings. The third-order valence-corrected chi connectivity index (χ3v) is 4.54. The van der Waals surface area contributed by atoms with Gasteiger partial charge >= 0.3 is 0 Å². The highest BCUT2D eigenvalue weighted by molar-refractivity contribution is 6.31. The molecule has 1 aromatic carbocycles. The van der Waals surface area contributed by atoms with Gasteiger partial charge in [0.05, 0.1) is 18.5 Å². The Morgan fingerprint density at radius 1 is 1.32 bits per heavy atom. The summed E-state index contributed by atoms with van der Waals surface area (Å²) in [6.07, 6.45) is 2.54. The van der Waals surface area contributed by atoms with Crippen LogP contribution in [0.5, 0.6) is 5.75 Å². The van der Waals surface area contributed by atoms with E-state index >= 15 is 0 Å². The maximum atomic E-state index is 13.0. The highest BCUT2D eigenvalue weighted by Gasteiger charge is 2.20. The summed E-state index contributed by atoms with van der Waals surface area (Å²) in [7, 11) is 1.55. The number of amides is 1. The number of anilines is 1. The van der Waals surface area contributed by atoms with E-state index in [1.807, 2.05) is 43.5 Å². The number of hydrogen-bond donors (Lipinski definition) is 1. The van der Waals surface area contributed by atoms with Crippen molar-refractivity contribution in [2.75, 3.05) is 12.4 Å². The number of carbonyl (C=O) groups is 1. The zero-order valence-corrected chi connectivity index (χ0v) is 15.4. The number of hydrogen-bond acceptors (Lipinski definition) is 3. The van der Waals surface area contributed by atoms with Crippen molar-refractivity contribution in [1.82, 2.24) is 9.38 Å². The van der Waals surface area contributed by atoms with E-state index < -0.39 is 0 Å². The van der Waals surface area contributed by atoms with Crippen LogP contribution >= 0.6 is 11.6 Å². The van der Waals surface area contributed by atoms with Gasteiger partial charge in [-0.15, -0.1) is 0 Å². The first-order chi connectivity index (χ1) is 11.9. The summed E-state index contributed by atoms with van der Waals surface area (Å²) in [5.74, 6) is 0.292. The van der Waals surface area contributed by atoms with Gasteiger partial charge in [0.2, 0.25) is 0 Å². The van der Waals surface area contributed by atoms with E-state index in [1.165, 1.54) is 0 Å². The van der Waals surface area contributed by atoms with Crippen molar-refractivity contribution in [3.8, 4) is 5.75 Å². The molecule has 0 aliphatic heterocycles. The van der Waals surface area contributed by atoms with Gasteiger partial charge in [0, 0.05) is 17.3 Å². The van der Waals surface area contributed by atoms with Crippen LogP contribution in [0.2, 0.25) is 5.02 Å². The third kappa shape index (κ3) is 3.20. The molecule has 0 saturated heterocycles. The Kier molecular flexibility index (Phi) is 4.68. The van der Waals surface area contributed by atoms with Gasteiger partial charge in [0.25, 0.3) is 5.91 Å². The zero-order chi connectivity index (χ0) is 18.1. The lowest BCUT2D eigenvalue weighted by Gasteiger charge is -2.12. The molecule has 6 heteroatoms. The number of nitrogens with one attached hydrogen (secondary N) is 1. The van der Waals surface area contributed by atoms with Crippen LogP contribution in [-0.2, 0) is 6.42 Å². The van der Waals surface area contributed by atoms with Crippen LogP contribution in [0.1, 0.15) is 34.2 Å². The van der Waals surface area contributed by atoms with E-state index in [0.29, 0.717) is 28.6 Å². The van der Waals surface area contributed by atoms with Crippen molar-refractivity contribution in [1.29, 1.82) is 0 Å². The number of imidazole rings is 1. The molecule has 0 bridgehead atoms. The average molecular weight is 358 g/mol. The van der Waals surface area contributed by atoms with Crippen LogP contribution in [0.15, 0.2) is 30.5 Å². The van der Waals surface area contributed by atoms with Crippen molar-refractivity contribution >= 4 is 28.8 Å². The van der Waals surface area contributed by atoms with Crippen LogP contribution in [0, 0.1) is 13.8 Å². The highest BCUT2D eigenvalue weighted by atomic mass is 35.5. The van der Waals surface area contributed by atoms with E-state index in [-0.39, 0.29) is 5.91 Å². The molecule has 130 valence electrons. The Labute approximate surface area is 151 Å². The molecule has 0 saturated carbocycles. The predicted molar refractivity (Wildman–Crippen MR) is 100 cm³/mol. The van der Waals surface area contributed by atoms with E-state index in [2.05, 4.69) is 10.3 Å². The number of aromatic nitrogens is 2. The molecule has 1 N–H and O–H groups in total. The number of rotatable bonds is 4. The summed E-state index contributed by atoms with van der Waals surface area (Å²) in [5.41, 5.74) is 4.60. The number of methoxy groups -OCH3 is 1. The van der Waals surface area contributed by atoms with Crippen molar-refractivity contribution in [2.24, 2.45) is 0 Å². The first-order valence-corrected chi connectivity index (χ1v) is 8.45. The number of benzene rings is 1. The topological polar surface area (TPSA) is 55.6 Å². The monoisotopic (exact) mass is 357 g/mol. The molecule has 0 aliphatic carbocycles. The molecule has 0 unspecified atom stereocenters. The Morgan fingerprint density at radius 3 is 2.76 bits per heavy atom. The van der Waals surface area contributed by atoms with Crippen molar-refractivity contribution < 1.29 is 9.53 Å². The van der Waals surface area contributed by atoms with Gasteiger partial charge in [-0.05, 0) is 49.6 Å². The quantitative estimate of drug-likeness (QED) is 0.751. The Morgan fingerprint density at radius 2 is 2.08 bits per heavy atom. The number of carbonyl (C=O) groups excluding carboxylic acids is 1. The number of nitrogens with zero attached hydrogens (tertiary/aromatic N) is 2. The minimum atomic E-state index is -0.228. The van der Waals surface area contributed by atoms with Gasteiger partial charge in [0.1, 0.15) is 17.1 Å². The summed E-state index contributed by atoms with van der Waals surface area (Å²) in [6.45, 7) is 5.87. The Bertz CT molecular complexity index is 963. The van der Waals surface area contributed by atoms with Crippen LogP contribution in [-0.4, -0.2) is 22.4 Å². The van der Waals surface area contributed by atoms with Crippen molar-refractivity contribution in [2.45, 2.75) is 27.2 Å². The fourth-order valence-corrected chi connectivity index (χ4v) is 2.95. The van der Waals surface area contributed by atoms with Crippen LogP contribution in [0.25, 0.3) is 5.65 Å². The molecule has 0 aliphatic rings. The molecular weight excluding hydrogens is 338 g/mol. The molecule has 5 nitrogen and oxygen atoms in total. The summed E-state index contributed by atoms with van der Waals surface area (Å²) >= 11 is 6.13. The first-order valence-electron chi connectivity index (χ1n) is 8.07. The van der Waals surface area contributed by atoms with Crippen LogP contribution in [0.4, 0.5) is 5.69 Å². The van der Waals surface area contributed by atoms with E-state index in [1.54, 1.807) is 19.2 Å². The summed E-state index contributed by atoms with van der Waals surface area (Å²) < 4.78 is 7.15. The fraction of sp³-hybridized carbons (Fsp3) is 0.263. The zero-order valence-electron chi connectivity index (χ0n) is 14.7. The van der Waals surface area contributed by atoms with Crippen molar-refractivity contribution in [3.63, 3.8) is 0 Å². The number of fused-ring (bicyclic) bond motifs is 1. The minimum absolute atomic E-state index is 0.228. The molecule has 2 aromatic heterocycles. The number of ether oxygens (including phenoxy) is 1. The molecule has 0 spiro atoms. The first kappa shape index (κ1) is 17.3. The average Bonchev–Trinajstić information content (AvgIpc) is 2.95. The third-order valence-electron chi connectivity index (χ3n) is 4.13. The summed E-state index contributed by atoms with van der Waals surface area (Å²) in [4.78, 5) is 17.5. The lowest BCUT2D eigenvalue weighted by Crippen LogP contribution is -2.17. The maximum absolute atomic E-state index is 13.0. The molecule has 1 amide bonds. The van der Waals surface area contributed by atoms with Crippen LogP contribution in [0.3, 0.4) is 0 Å². The largest absolute Gasteiger partial charge is 0.495 e. The molecule has 2 heterocycles. The molecular formula is C19H20ClN3O2. The lowest BCUT2D eigenvalue weighted by molar-refractivity contribution is 0.102. The molecule has 3 aromatic rings. The lowest BCUT2D eigenvalue weighted by atomic mass is 10.2. The molecule has 25 heavy (non-hydrogen) atoms. The van der Waals surface area contributed by atoms with Gasteiger partial charge in [-0.3, -0.25) is 9.20 Å². The summed E-state index contributed by atoms with van der Waals surface area (Å²) in [6, 6.07) is 7.42.